The molecule has 0 aliphatic carbocycles. The molecule has 3 nitrogen and oxygen atoms in total. The van der Waals surface area contributed by atoms with E-state index >= 15 is 0 Å². The van der Waals surface area contributed by atoms with Crippen LogP contribution in [0.3, 0.4) is 0 Å². The monoisotopic (exact) mass is 193 g/mol. The Morgan fingerprint density at radius 1 is 1.50 bits per heavy atom. The van der Waals surface area contributed by atoms with E-state index in [9.17, 15) is 4.79 Å². The molecular formula is C8H16ClNO2. The predicted octanol–water partition coefficient (Wildman–Crippen LogP) is 0.969. The Balaban J connectivity index is 0.00000121. The van der Waals surface area contributed by atoms with Gasteiger partial charge in [0, 0.05) is 0 Å². The number of hydrogen-bond acceptors (Lipinski definition) is 3. The lowest BCUT2D eigenvalue weighted by Gasteiger charge is -2.25. The molecule has 0 amide bonds. The molecule has 0 bridgehead atoms. The number of carbonyl (C=O) groups is 1. The summed E-state index contributed by atoms with van der Waals surface area (Å²) in [5.41, 5.74) is 0. The van der Waals surface area contributed by atoms with Crippen molar-refractivity contribution in [1.82, 2.24) is 5.32 Å². The average Bonchev–Trinajstić information content (AvgIpc) is 2.05. The molecule has 4 heteroatoms. The summed E-state index contributed by atoms with van der Waals surface area (Å²) >= 11 is 0. The van der Waals surface area contributed by atoms with E-state index in [2.05, 4.69) is 17.0 Å². The first-order valence-corrected chi connectivity index (χ1v) is 4.05. The summed E-state index contributed by atoms with van der Waals surface area (Å²) in [4.78, 5) is 11.0. The maximum atomic E-state index is 11.0. The Hall–Kier alpha value is -0.280. The molecule has 0 aromatic heterocycles. The van der Waals surface area contributed by atoms with Crippen LogP contribution in [0.15, 0.2) is 0 Å². The molecule has 1 heterocycles. The summed E-state index contributed by atoms with van der Waals surface area (Å²) in [7, 11) is 1.43. The van der Waals surface area contributed by atoms with Gasteiger partial charge in [-0.1, -0.05) is 6.92 Å². The highest BCUT2D eigenvalue weighted by molar-refractivity contribution is 5.85. The molecule has 2 atom stereocenters. The first kappa shape index (κ1) is 11.7. The van der Waals surface area contributed by atoms with E-state index in [-0.39, 0.29) is 24.4 Å². The van der Waals surface area contributed by atoms with Crippen molar-refractivity contribution in [2.45, 2.75) is 25.8 Å². The van der Waals surface area contributed by atoms with Gasteiger partial charge >= 0.3 is 5.97 Å². The number of methoxy groups -OCH3 is 1. The molecule has 12 heavy (non-hydrogen) atoms. The lowest BCUT2D eigenvalue weighted by atomic mass is 9.97. The van der Waals surface area contributed by atoms with E-state index in [1.165, 1.54) is 7.11 Å². The molecule has 1 aliphatic rings. The van der Waals surface area contributed by atoms with Gasteiger partial charge < -0.3 is 10.1 Å². The summed E-state index contributed by atoms with van der Waals surface area (Å²) in [6.45, 7) is 3.11. The van der Waals surface area contributed by atoms with Gasteiger partial charge in [0.15, 0.2) is 0 Å². The number of ether oxygens (including phenoxy) is 1. The van der Waals surface area contributed by atoms with Crippen LogP contribution in [0, 0.1) is 5.92 Å². The fraction of sp³-hybridized carbons (Fsp3) is 0.875. The Morgan fingerprint density at radius 2 is 2.17 bits per heavy atom. The molecule has 72 valence electrons. The molecule has 0 spiro atoms. The van der Waals surface area contributed by atoms with Crippen molar-refractivity contribution in [1.29, 1.82) is 0 Å². The Morgan fingerprint density at radius 3 is 2.58 bits per heavy atom. The quantitative estimate of drug-likeness (QED) is 0.631. The molecule has 1 saturated heterocycles. The number of piperidine rings is 1. The second-order valence-electron chi connectivity index (χ2n) is 3.17. The number of rotatable bonds is 1. The molecule has 0 saturated carbocycles. The topological polar surface area (TPSA) is 38.3 Å². The molecule has 1 fully saturated rings. The van der Waals surface area contributed by atoms with Crippen molar-refractivity contribution < 1.29 is 9.53 Å². The SMILES string of the molecule is COC(=O)C1CCC(C)CN1.Cl. The summed E-state index contributed by atoms with van der Waals surface area (Å²) < 4.78 is 4.62. The fourth-order valence-electron chi connectivity index (χ4n) is 1.34. The lowest BCUT2D eigenvalue weighted by molar-refractivity contribution is -0.143. The number of esters is 1. The van der Waals surface area contributed by atoms with Crippen LogP contribution in [0.2, 0.25) is 0 Å². The van der Waals surface area contributed by atoms with Gasteiger partial charge in [0.05, 0.1) is 7.11 Å². The van der Waals surface area contributed by atoms with Crippen LogP contribution in [0.25, 0.3) is 0 Å². The van der Waals surface area contributed by atoms with E-state index in [1.54, 1.807) is 0 Å². The van der Waals surface area contributed by atoms with E-state index in [4.69, 9.17) is 0 Å². The van der Waals surface area contributed by atoms with Crippen LogP contribution >= 0.6 is 12.4 Å². The van der Waals surface area contributed by atoms with Gasteiger partial charge in [-0.05, 0) is 25.3 Å². The average molecular weight is 194 g/mol. The second-order valence-corrected chi connectivity index (χ2v) is 3.17. The minimum Gasteiger partial charge on any atom is -0.468 e. The Bertz CT molecular complexity index is 144. The number of carbonyl (C=O) groups excluding carboxylic acids is 1. The van der Waals surface area contributed by atoms with E-state index < -0.39 is 0 Å². The molecular weight excluding hydrogens is 178 g/mol. The minimum atomic E-state index is -0.128. The first-order valence-electron chi connectivity index (χ1n) is 4.05. The molecule has 0 radical (unpaired) electrons. The maximum Gasteiger partial charge on any atom is 0.322 e. The number of halogens is 1. The van der Waals surface area contributed by atoms with Crippen molar-refractivity contribution in [3.8, 4) is 0 Å². The van der Waals surface area contributed by atoms with E-state index in [1.807, 2.05) is 0 Å². The molecule has 1 N–H and O–H groups in total. The van der Waals surface area contributed by atoms with Gasteiger partial charge in [-0.2, -0.15) is 0 Å². The normalized spacial score (nSPS) is 28.8. The van der Waals surface area contributed by atoms with Crippen molar-refractivity contribution in [3.05, 3.63) is 0 Å². The predicted molar refractivity (Wildman–Crippen MR) is 49.5 cm³/mol. The Kier molecular flexibility index (Phi) is 5.25. The van der Waals surface area contributed by atoms with Crippen molar-refractivity contribution in [2.75, 3.05) is 13.7 Å². The highest BCUT2D eigenvalue weighted by Gasteiger charge is 2.23. The standard InChI is InChI=1S/C8H15NO2.ClH/c1-6-3-4-7(9-5-6)8(10)11-2;/h6-7,9H,3-5H2,1-2H3;1H. The van der Waals surface area contributed by atoms with Gasteiger partial charge in [-0.3, -0.25) is 4.79 Å². The zero-order valence-electron chi connectivity index (χ0n) is 7.50. The molecule has 1 aliphatic heterocycles. The summed E-state index contributed by atoms with van der Waals surface area (Å²) in [5, 5.41) is 3.14. The van der Waals surface area contributed by atoms with Gasteiger partial charge in [-0.25, -0.2) is 0 Å². The fourth-order valence-corrected chi connectivity index (χ4v) is 1.34. The van der Waals surface area contributed by atoms with Crippen LogP contribution in [-0.2, 0) is 9.53 Å². The zero-order chi connectivity index (χ0) is 8.27. The minimum absolute atomic E-state index is 0. The third-order valence-corrected chi connectivity index (χ3v) is 2.15. The van der Waals surface area contributed by atoms with E-state index in [0.717, 1.165) is 19.4 Å². The lowest BCUT2D eigenvalue weighted by Crippen LogP contribution is -2.43. The number of hydrogen-bond donors (Lipinski definition) is 1. The molecule has 2 unspecified atom stereocenters. The highest BCUT2D eigenvalue weighted by atomic mass is 35.5. The van der Waals surface area contributed by atoms with Crippen molar-refractivity contribution in [3.63, 3.8) is 0 Å². The molecule has 1 rings (SSSR count). The van der Waals surface area contributed by atoms with Crippen molar-refractivity contribution >= 4 is 18.4 Å². The molecule has 0 aromatic carbocycles. The molecule has 0 aromatic rings. The smallest absolute Gasteiger partial charge is 0.322 e. The first-order chi connectivity index (χ1) is 5.24. The largest absolute Gasteiger partial charge is 0.468 e. The van der Waals surface area contributed by atoms with Gasteiger partial charge in [0.25, 0.3) is 0 Å². The van der Waals surface area contributed by atoms with Crippen LogP contribution in [0.4, 0.5) is 0 Å². The van der Waals surface area contributed by atoms with Crippen LogP contribution in [0.1, 0.15) is 19.8 Å². The van der Waals surface area contributed by atoms with Gasteiger partial charge in [0.2, 0.25) is 0 Å². The highest BCUT2D eigenvalue weighted by Crippen LogP contribution is 2.13. The van der Waals surface area contributed by atoms with Crippen LogP contribution in [0.5, 0.6) is 0 Å². The maximum absolute atomic E-state index is 11.0. The van der Waals surface area contributed by atoms with Crippen LogP contribution < -0.4 is 5.32 Å². The van der Waals surface area contributed by atoms with Crippen LogP contribution in [-0.4, -0.2) is 25.7 Å². The number of nitrogens with one attached hydrogen (secondary N) is 1. The second kappa shape index (κ2) is 5.38. The van der Waals surface area contributed by atoms with Crippen molar-refractivity contribution in [2.24, 2.45) is 5.92 Å². The van der Waals surface area contributed by atoms with Gasteiger partial charge in [-0.15, -0.1) is 12.4 Å². The zero-order valence-corrected chi connectivity index (χ0v) is 8.32. The summed E-state index contributed by atoms with van der Waals surface area (Å²) in [6, 6.07) is -0.0591. The van der Waals surface area contributed by atoms with Gasteiger partial charge in [0.1, 0.15) is 6.04 Å². The summed E-state index contributed by atoms with van der Waals surface area (Å²) in [6.07, 6.45) is 2.03. The summed E-state index contributed by atoms with van der Waals surface area (Å²) in [5.74, 6) is 0.563. The third-order valence-electron chi connectivity index (χ3n) is 2.15. The Labute approximate surface area is 79.3 Å². The van der Waals surface area contributed by atoms with E-state index in [0.29, 0.717) is 5.92 Å². The third kappa shape index (κ3) is 2.99.